The maximum absolute atomic E-state index is 12.0. The molecule has 1 fully saturated rings. The summed E-state index contributed by atoms with van der Waals surface area (Å²) in [7, 11) is 0. The standard InChI is InChI=1S/C12H16IN3OS2/c13-10-5-8(7-19-10)12(17)15-9-1-3-16(4-2-9)6-11(14)18/h5,7,9H,1-4,6H2,(H2,14,18)(H,15,17). The molecule has 0 aromatic carbocycles. The molecule has 1 amide bonds. The summed E-state index contributed by atoms with van der Waals surface area (Å²) in [5.41, 5.74) is 6.30. The van der Waals surface area contributed by atoms with Crippen molar-refractivity contribution in [2.45, 2.75) is 18.9 Å². The Morgan fingerprint density at radius 1 is 1.58 bits per heavy atom. The topological polar surface area (TPSA) is 58.4 Å². The van der Waals surface area contributed by atoms with Crippen LogP contribution in [0.3, 0.4) is 0 Å². The minimum atomic E-state index is 0.0342. The second kappa shape index (κ2) is 6.96. The van der Waals surface area contributed by atoms with Crippen LogP contribution in [-0.2, 0) is 0 Å². The first-order valence-electron chi connectivity index (χ1n) is 6.10. The quantitative estimate of drug-likeness (QED) is 0.589. The maximum Gasteiger partial charge on any atom is 0.252 e. The van der Waals surface area contributed by atoms with Crippen molar-refractivity contribution in [2.24, 2.45) is 5.73 Å². The number of carbonyl (C=O) groups excluding carboxylic acids is 1. The van der Waals surface area contributed by atoms with E-state index in [-0.39, 0.29) is 11.9 Å². The molecule has 7 heteroatoms. The van der Waals surface area contributed by atoms with Crippen LogP contribution in [-0.4, -0.2) is 41.5 Å². The molecule has 104 valence electrons. The molecule has 1 saturated heterocycles. The summed E-state index contributed by atoms with van der Waals surface area (Å²) < 4.78 is 1.13. The lowest BCUT2D eigenvalue weighted by Crippen LogP contribution is -2.46. The lowest BCUT2D eigenvalue weighted by atomic mass is 10.0. The summed E-state index contributed by atoms with van der Waals surface area (Å²) in [5.74, 6) is 0.0342. The SMILES string of the molecule is NC(=S)CN1CCC(NC(=O)c2csc(I)c2)CC1. The molecule has 0 saturated carbocycles. The number of hydrogen-bond acceptors (Lipinski definition) is 4. The van der Waals surface area contributed by atoms with Crippen molar-refractivity contribution < 1.29 is 4.79 Å². The largest absolute Gasteiger partial charge is 0.392 e. The summed E-state index contributed by atoms with van der Waals surface area (Å²) in [5, 5.41) is 5.00. The van der Waals surface area contributed by atoms with Crippen LogP contribution in [0.15, 0.2) is 11.4 Å². The maximum atomic E-state index is 12.0. The molecule has 0 aliphatic carbocycles. The molecule has 1 aromatic rings. The first kappa shape index (κ1) is 15.1. The summed E-state index contributed by atoms with van der Waals surface area (Å²) in [6, 6.07) is 2.18. The Morgan fingerprint density at radius 2 is 2.26 bits per heavy atom. The highest BCUT2D eigenvalue weighted by Crippen LogP contribution is 2.17. The van der Waals surface area contributed by atoms with E-state index in [1.807, 2.05) is 11.4 Å². The van der Waals surface area contributed by atoms with Crippen molar-refractivity contribution in [3.63, 3.8) is 0 Å². The Labute approximate surface area is 135 Å². The van der Waals surface area contributed by atoms with Crippen molar-refractivity contribution >= 4 is 57.0 Å². The molecule has 19 heavy (non-hydrogen) atoms. The molecule has 1 aromatic heterocycles. The van der Waals surface area contributed by atoms with Gasteiger partial charge in [0.1, 0.15) is 0 Å². The van der Waals surface area contributed by atoms with E-state index in [1.54, 1.807) is 11.3 Å². The van der Waals surface area contributed by atoms with Crippen molar-refractivity contribution in [1.29, 1.82) is 0 Å². The number of halogens is 1. The molecule has 2 heterocycles. The summed E-state index contributed by atoms with van der Waals surface area (Å²) in [6.45, 7) is 2.55. The van der Waals surface area contributed by atoms with Gasteiger partial charge in [-0.25, -0.2) is 0 Å². The Bertz CT molecular complexity index is 469. The van der Waals surface area contributed by atoms with Gasteiger partial charge >= 0.3 is 0 Å². The number of nitrogens with one attached hydrogen (secondary N) is 1. The number of likely N-dealkylation sites (tertiary alicyclic amines) is 1. The van der Waals surface area contributed by atoms with E-state index in [1.165, 1.54) is 0 Å². The zero-order valence-electron chi connectivity index (χ0n) is 10.4. The van der Waals surface area contributed by atoms with Gasteiger partial charge in [-0.3, -0.25) is 9.69 Å². The number of nitrogens with zero attached hydrogens (tertiary/aromatic N) is 1. The van der Waals surface area contributed by atoms with E-state index in [0.717, 1.165) is 34.4 Å². The number of thiocarbonyl (C=S) groups is 1. The van der Waals surface area contributed by atoms with Gasteiger partial charge in [-0.2, -0.15) is 0 Å². The molecular formula is C12H16IN3OS2. The number of thiophene rings is 1. The van der Waals surface area contributed by atoms with E-state index in [2.05, 4.69) is 32.8 Å². The first-order valence-corrected chi connectivity index (χ1v) is 8.47. The third kappa shape index (κ3) is 4.66. The van der Waals surface area contributed by atoms with E-state index in [0.29, 0.717) is 11.5 Å². The highest BCUT2D eigenvalue weighted by Gasteiger charge is 2.21. The third-order valence-electron chi connectivity index (χ3n) is 3.13. The van der Waals surface area contributed by atoms with Gasteiger partial charge in [0.15, 0.2) is 0 Å². The molecule has 0 spiro atoms. The molecule has 0 atom stereocenters. The average Bonchev–Trinajstić information content (AvgIpc) is 2.78. The Hall–Kier alpha value is -0.250. The molecular weight excluding hydrogens is 393 g/mol. The van der Waals surface area contributed by atoms with Gasteiger partial charge in [-0.05, 0) is 41.5 Å². The van der Waals surface area contributed by atoms with Crippen molar-refractivity contribution in [2.75, 3.05) is 19.6 Å². The third-order valence-corrected chi connectivity index (χ3v) is 5.05. The number of amides is 1. The van der Waals surface area contributed by atoms with E-state index >= 15 is 0 Å². The second-order valence-electron chi connectivity index (χ2n) is 4.63. The highest BCUT2D eigenvalue weighted by molar-refractivity contribution is 14.1. The van der Waals surface area contributed by atoms with Gasteiger partial charge < -0.3 is 11.1 Å². The van der Waals surface area contributed by atoms with Gasteiger partial charge in [0.25, 0.3) is 5.91 Å². The minimum Gasteiger partial charge on any atom is -0.392 e. The minimum absolute atomic E-state index is 0.0342. The predicted octanol–water partition coefficient (Wildman–Crippen LogP) is 1.83. The lowest BCUT2D eigenvalue weighted by Gasteiger charge is -2.31. The van der Waals surface area contributed by atoms with Gasteiger partial charge in [0, 0.05) is 31.1 Å². The van der Waals surface area contributed by atoms with Crippen molar-refractivity contribution in [3.05, 3.63) is 19.9 Å². The number of carbonyl (C=O) groups is 1. The average molecular weight is 409 g/mol. The van der Waals surface area contributed by atoms with Crippen LogP contribution in [0.25, 0.3) is 0 Å². The van der Waals surface area contributed by atoms with Crippen LogP contribution < -0.4 is 11.1 Å². The van der Waals surface area contributed by atoms with E-state index in [4.69, 9.17) is 18.0 Å². The summed E-state index contributed by atoms with van der Waals surface area (Å²) >= 11 is 8.73. The fourth-order valence-electron chi connectivity index (χ4n) is 2.15. The zero-order chi connectivity index (χ0) is 13.8. The summed E-state index contributed by atoms with van der Waals surface area (Å²) in [4.78, 5) is 14.8. The van der Waals surface area contributed by atoms with Crippen LogP contribution in [0.2, 0.25) is 0 Å². The van der Waals surface area contributed by atoms with Gasteiger partial charge in [0.05, 0.1) is 13.4 Å². The molecule has 0 unspecified atom stereocenters. The first-order chi connectivity index (χ1) is 9.04. The molecule has 2 rings (SSSR count). The monoisotopic (exact) mass is 409 g/mol. The van der Waals surface area contributed by atoms with Gasteiger partial charge in [-0.15, -0.1) is 11.3 Å². The van der Waals surface area contributed by atoms with Crippen LogP contribution >= 0.6 is 46.1 Å². The number of piperidine rings is 1. The Morgan fingerprint density at radius 3 is 2.79 bits per heavy atom. The lowest BCUT2D eigenvalue weighted by molar-refractivity contribution is 0.0915. The van der Waals surface area contributed by atoms with Crippen LogP contribution in [0.1, 0.15) is 23.2 Å². The fourth-order valence-corrected chi connectivity index (χ4v) is 3.66. The van der Waals surface area contributed by atoms with Crippen LogP contribution in [0.5, 0.6) is 0 Å². The highest BCUT2D eigenvalue weighted by atomic mass is 127. The smallest absolute Gasteiger partial charge is 0.252 e. The molecule has 1 aliphatic heterocycles. The fraction of sp³-hybridized carbons (Fsp3) is 0.500. The molecule has 1 aliphatic rings. The number of hydrogen-bond donors (Lipinski definition) is 2. The molecule has 0 radical (unpaired) electrons. The predicted molar refractivity (Wildman–Crippen MR) is 90.7 cm³/mol. The van der Waals surface area contributed by atoms with Crippen LogP contribution in [0, 0.1) is 2.88 Å². The van der Waals surface area contributed by atoms with E-state index in [9.17, 15) is 4.79 Å². The molecule has 0 bridgehead atoms. The molecule has 3 N–H and O–H groups in total. The van der Waals surface area contributed by atoms with E-state index < -0.39 is 0 Å². The summed E-state index contributed by atoms with van der Waals surface area (Å²) in [6.07, 6.45) is 1.91. The Kier molecular flexibility index (Phi) is 5.55. The molecule has 4 nitrogen and oxygen atoms in total. The normalized spacial score (nSPS) is 17.3. The van der Waals surface area contributed by atoms with Gasteiger partial charge in [0.2, 0.25) is 0 Å². The number of rotatable bonds is 4. The Balaban J connectivity index is 1.79. The van der Waals surface area contributed by atoms with Crippen molar-refractivity contribution in [3.8, 4) is 0 Å². The number of nitrogens with two attached hydrogens (primary N) is 1. The van der Waals surface area contributed by atoms with Gasteiger partial charge in [-0.1, -0.05) is 12.2 Å². The second-order valence-corrected chi connectivity index (χ2v) is 7.96. The van der Waals surface area contributed by atoms with Crippen molar-refractivity contribution in [1.82, 2.24) is 10.2 Å². The van der Waals surface area contributed by atoms with Crippen LogP contribution in [0.4, 0.5) is 0 Å². The zero-order valence-corrected chi connectivity index (χ0v) is 14.2.